The minimum absolute atomic E-state index is 0.274. The molecule has 6 rings (SSSR count). The minimum Gasteiger partial charge on any atom is -0.267 e. The molecule has 2 heterocycles. The number of anilines is 1. The average molecular weight is 572 g/mol. The number of para-hydroxylation sites is 1. The first-order valence-electron chi connectivity index (χ1n) is 13.2. The zero-order valence-corrected chi connectivity index (χ0v) is 23.6. The van der Waals surface area contributed by atoms with E-state index in [1.165, 1.54) is 0 Å². The molecule has 0 fully saturated rings. The summed E-state index contributed by atoms with van der Waals surface area (Å²) in [6, 6.07) is 31.0. The van der Waals surface area contributed by atoms with Gasteiger partial charge in [0.2, 0.25) is 0 Å². The van der Waals surface area contributed by atoms with Gasteiger partial charge in [-0.1, -0.05) is 54.6 Å². The van der Waals surface area contributed by atoms with Gasteiger partial charge in [-0.3, -0.25) is 24.7 Å². The van der Waals surface area contributed by atoms with E-state index in [-0.39, 0.29) is 11.5 Å². The first kappa shape index (κ1) is 26.9. The Labute approximate surface area is 246 Å². The van der Waals surface area contributed by atoms with E-state index in [0.29, 0.717) is 39.5 Å². The van der Waals surface area contributed by atoms with Crippen molar-refractivity contribution >= 4 is 52.1 Å². The summed E-state index contributed by atoms with van der Waals surface area (Å²) in [4.78, 5) is 51.6. The lowest BCUT2D eigenvalue weighted by Gasteiger charge is -2.19. The fourth-order valence-corrected chi connectivity index (χ4v) is 5.11. The van der Waals surface area contributed by atoms with Gasteiger partial charge in [0.1, 0.15) is 17.4 Å². The number of fused-ring (bicyclic) bond motifs is 1. The summed E-state index contributed by atoms with van der Waals surface area (Å²) < 4.78 is 1.14. The van der Waals surface area contributed by atoms with Crippen molar-refractivity contribution in [2.45, 2.75) is 11.8 Å². The van der Waals surface area contributed by atoms with E-state index < -0.39 is 5.91 Å². The van der Waals surface area contributed by atoms with Gasteiger partial charge in [-0.25, -0.2) is 14.7 Å². The van der Waals surface area contributed by atoms with Crippen LogP contribution in [0.5, 0.6) is 0 Å². The minimum atomic E-state index is -0.484. The predicted octanol–water partition coefficient (Wildman–Crippen LogP) is 5.65. The topological polar surface area (TPSA) is 96.7 Å². The maximum atomic E-state index is 13.7. The summed E-state index contributed by atoms with van der Waals surface area (Å²) in [6.07, 6.45) is 3.79. The summed E-state index contributed by atoms with van der Waals surface area (Å²) in [5.74, 6) is 0.0962. The van der Waals surface area contributed by atoms with E-state index in [4.69, 9.17) is 4.99 Å². The SMILES string of the molecule is CSc1ccc(/C=C2\N=C(c3ccccc3)N(c3ccc(C(=O)Nn4c(C)nc5ccccc5c4=O)cc3)C2=O)cc1. The van der Waals surface area contributed by atoms with Crippen molar-refractivity contribution < 1.29 is 9.59 Å². The van der Waals surface area contributed by atoms with Gasteiger partial charge in [0.05, 0.1) is 16.6 Å². The number of aliphatic imine (C=N–C) groups is 1. The first-order chi connectivity index (χ1) is 20.4. The third-order valence-corrected chi connectivity index (χ3v) is 7.60. The maximum Gasteiger partial charge on any atom is 0.282 e. The number of aromatic nitrogens is 2. The molecule has 0 aliphatic carbocycles. The van der Waals surface area contributed by atoms with Crippen molar-refractivity contribution in [2.24, 2.45) is 4.99 Å². The van der Waals surface area contributed by atoms with Crippen LogP contribution in [0.4, 0.5) is 5.69 Å². The summed E-state index contributed by atoms with van der Waals surface area (Å²) in [5.41, 5.74) is 5.68. The fraction of sp³-hybridized carbons (Fsp3) is 0.0606. The lowest BCUT2D eigenvalue weighted by molar-refractivity contribution is -0.113. The van der Waals surface area contributed by atoms with Crippen LogP contribution < -0.4 is 15.9 Å². The van der Waals surface area contributed by atoms with Crippen LogP contribution in [-0.4, -0.2) is 33.6 Å². The Balaban J connectivity index is 1.30. The summed E-state index contributed by atoms with van der Waals surface area (Å²) in [6.45, 7) is 1.66. The number of carbonyl (C=O) groups is 2. The lowest BCUT2D eigenvalue weighted by Crippen LogP contribution is -2.35. The van der Waals surface area contributed by atoms with Crippen molar-refractivity contribution in [1.82, 2.24) is 9.66 Å². The largest absolute Gasteiger partial charge is 0.282 e. The van der Waals surface area contributed by atoms with Crippen molar-refractivity contribution in [3.8, 4) is 0 Å². The predicted molar refractivity (Wildman–Crippen MR) is 168 cm³/mol. The molecule has 206 valence electrons. The van der Waals surface area contributed by atoms with E-state index in [9.17, 15) is 14.4 Å². The smallest absolute Gasteiger partial charge is 0.267 e. The highest BCUT2D eigenvalue weighted by molar-refractivity contribution is 7.98. The Hall–Kier alpha value is -5.28. The van der Waals surface area contributed by atoms with Crippen molar-refractivity contribution in [3.05, 3.63) is 142 Å². The number of amidine groups is 1. The molecular formula is C33H25N5O3S. The Morgan fingerprint density at radius 3 is 2.26 bits per heavy atom. The number of amides is 2. The number of benzene rings is 4. The van der Waals surface area contributed by atoms with Crippen LogP contribution >= 0.6 is 11.8 Å². The van der Waals surface area contributed by atoms with Gasteiger partial charge in [0.15, 0.2) is 0 Å². The molecule has 0 spiro atoms. The number of carbonyl (C=O) groups excluding carboxylic acids is 2. The number of aryl methyl sites for hydroxylation is 1. The number of nitrogens with one attached hydrogen (secondary N) is 1. The number of thioether (sulfide) groups is 1. The molecule has 0 saturated heterocycles. The molecule has 1 aromatic heterocycles. The molecule has 1 N–H and O–H groups in total. The lowest BCUT2D eigenvalue weighted by atomic mass is 10.1. The summed E-state index contributed by atoms with van der Waals surface area (Å²) in [7, 11) is 0. The van der Waals surface area contributed by atoms with Crippen molar-refractivity contribution in [2.75, 3.05) is 16.6 Å². The number of hydrogen-bond donors (Lipinski definition) is 1. The molecule has 9 heteroatoms. The molecule has 0 bridgehead atoms. The summed E-state index contributed by atoms with van der Waals surface area (Å²) >= 11 is 1.65. The van der Waals surface area contributed by atoms with Gasteiger partial charge in [-0.2, -0.15) is 0 Å². The van der Waals surface area contributed by atoms with Gasteiger partial charge in [-0.05, 0) is 73.3 Å². The third kappa shape index (κ3) is 5.13. The van der Waals surface area contributed by atoms with Gasteiger partial charge in [0.25, 0.3) is 17.4 Å². The molecule has 8 nitrogen and oxygen atoms in total. The van der Waals surface area contributed by atoms with Crippen molar-refractivity contribution in [1.29, 1.82) is 0 Å². The second-order valence-electron chi connectivity index (χ2n) is 9.55. The van der Waals surface area contributed by atoms with Crippen LogP contribution in [0.25, 0.3) is 17.0 Å². The van der Waals surface area contributed by atoms with Gasteiger partial charge < -0.3 is 0 Å². The van der Waals surface area contributed by atoms with E-state index in [0.717, 1.165) is 20.7 Å². The van der Waals surface area contributed by atoms with Gasteiger partial charge in [-0.15, -0.1) is 11.8 Å². The molecule has 2 amide bonds. The standard InChI is InChI=1S/C33H25N5O3S/c1-21-34-28-11-7-6-10-27(28)32(40)38(21)36-31(39)24-14-16-25(17-15-24)37-30(23-8-4-3-5-9-23)35-29(33(37)41)20-22-12-18-26(42-2)19-13-22/h3-20H,1-2H3,(H,36,39)/b29-20-. The number of hydrogen-bond acceptors (Lipinski definition) is 6. The van der Waals surface area contributed by atoms with Crippen LogP contribution in [-0.2, 0) is 4.79 Å². The number of nitrogens with zero attached hydrogens (tertiary/aromatic N) is 4. The fourth-order valence-electron chi connectivity index (χ4n) is 4.70. The van der Waals surface area contributed by atoms with E-state index in [1.807, 2.05) is 60.9 Å². The molecule has 0 atom stereocenters. The second kappa shape index (κ2) is 11.3. The Morgan fingerprint density at radius 2 is 1.55 bits per heavy atom. The Morgan fingerprint density at radius 1 is 0.857 bits per heavy atom. The molecule has 42 heavy (non-hydrogen) atoms. The van der Waals surface area contributed by atoms with Crippen molar-refractivity contribution in [3.63, 3.8) is 0 Å². The Kier molecular flexibility index (Phi) is 7.24. The molecule has 0 saturated carbocycles. The van der Waals surface area contributed by atoms with Crippen LogP contribution in [0, 0.1) is 6.92 Å². The van der Waals surface area contributed by atoms with Crippen LogP contribution in [0.1, 0.15) is 27.3 Å². The Bertz CT molecular complexity index is 1950. The highest BCUT2D eigenvalue weighted by atomic mass is 32.2. The normalized spacial score (nSPS) is 14.0. The molecule has 1 aliphatic heterocycles. The first-order valence-corrected chi connectivity index (χ1v) is 14.4. The maximum absolute atomic E-state index is 13.7. The van der Waals surface area contributed by atoms with E-state index in [2.05, 4.69) is 10.4 Å². The van der Waals surface area contributed by atoms with Crippen LogP contribution in [0.2, 0.25) is 0 Å². The highest BCUT2D eigenvalue weighted by Gasteiger charge is 2.32. The number of rotatable bonds is 6. The van der Waals surface area contributed by atoms with E-state index in [1.54, 1.807) is 78.2 Å². The summed E-state index contributed by atoms with van der Waals surface area (Å²) in [5, 5.41) is 0.406. The average Bonchev–Trinajstić information content (AvgIpc) is 3.35. The second-order valence-corrected chi connectivity index (χ2v) is 10.4. The molecule has 0 unspecified atom stereocenters. The zero-order chi connectivity index (χ0) is 29.2. The zero-order valence-electron chi connectivity index (χ0n) is 22.8. The van der Waals surface area contributed by atoms with Crippen LogP contribution in [0.3, 0.4) is 0 Å². The highest BCUT2D eigenvalue weighted by Crippen LogP contribution is 2.28. The van der Waals surface area contributed by atoms with E-state index >= 15 is 0 Å². The third-order valence-electron chi connectivity index (χ3n) is 6.86. The molecular weight excluding hydrogens is 546 g/mol. The van der Waals surface area contributed by atoms with Crippen LogP contribution in [0.15, 0.2) is 124 Å². The van der Waals surface area contributed by atoms with Gasteiger partial charge >= 0.3 is 0 Å². The molecule has 1 aliphatic rings. The molecule has 0 radical (unpaired) electrons. The molecule has 5 aromatic rings. The monoisotopic (exact) mass is 571 g/mol. The molecule has 4 aromatic carbocycles. The quantitative estimate of drug-likeness (QED) is 0.210. The van der Waals surface area contributed by atoms with Gasteiger partial charge in [0, 0.05) is 16.0 Å².